The maximum absolute atomic E-state index is 5.65. The summed E-state index contributed by atoms with van der Waals surface area (Å²) in [5, 5.41) is 6.93. The van der Waals surface area contributed by atoms with Crippen LogP contribution < -0.4 is 23.7 Å². The Bertz CT molecular complexity index is 1220. The topological polar surface area (TPSA) is 66.6 Å². The Balaban J connectivity index is 1.59. The second kappa shape index (κ2) is 9.70. The number of hydrogen-bond acceptors (Lipinski definition) is 7. The first-order chi connectivity index (χ1) is 16.2. The van der Waals surface area contributed by atoms with Crippen LogP contribution in [0, 0.1) is 0 Å². The number of nitrogens with zero attached hydrogens (tertiary/aromatic N) is 3. The van der Waals surface area contributed by atoms with Crippen molar-refractivity contribution in [1.29, 1.82) is 0 Å². The van der Waals surface area contributed by atoms with Gasteiger partial charge in [0.05, 0.1) is 32.2 Å². The van der Waals surface area contributed by atoms with Gasteiger partial charge in [-0.2, -0.15) is 5.10 Å². The van der Waals surface area contributed by atoms with Crippen molar-refractivity contribution in [1.82, 2.24) is 4.68 Å². The minimum atomic E-state index is 0.249. The lowest BCUT2D eigenvalue weighted by Gasteiger charge is -2.17. The van der Waals surface area contributed by atoms with E-state index in [1.165, 1.54) is 19.3 Å². The third-order valence-corrected chi connectivity index (χ3v) is 6.78. The molecule has 0 unspecified atom stereocenters. The van der Waals surface area contributed by atoms with Crippen LogP contribution in [0.25, 0.3) is 11.3 Å². The Labute approximate surface area is 196 Å². The van der Waals surface area contributed by atoms with E-state index in [1.807, 2.05) is 47.3 Å². The van der Waals surface area contributed by atoms with Crippen molar-refractivity contribution < 1.29 is 18.9 Å². The van der Waals surface area contributed by atoms with Gasteiger partial charge in [0.25, 0.3) is 0 Å². The molecule has 0 atom stereocenters. The minimum absolute atomic E-state index is 0.249. The van der Waals surface area contributed by atoms with Crippen molar-refractivity contribution in [2.75, 3.05) is 21.0 Å². The number of benzene rings is 2. The molecule has 7 nitrogen and oxygen atoms in total. The van der Waals surface area contributed by atoms with Crippen LogP contribution in [0.2, 0.25) is 0 Å². The summed E-state index contributed by atoms with van der Waals surface area (Å²) in [6.45, 7) is 0.249. The first-order valence-electron chi connectivity index (χ1n) is 11.2. The van der Waals surface area contributed by atoms with Crippen LogP contribution >= 0.6 is 11.3 Å². The standard InChI is InChI=1S/C25H27N3O4S/c1-29-19-9-11-22(30-2)20(13-19)21-15-33-25(27-18-6-4-3-5-7-18)28(21)26-14-17-8-10-23-24(12-17)32-16-31-23/h8-15,18H,3-7,16H2,1-2H3. The van der Waals surface area contributed by atoms with Gasteiger partial charge in [-0.15, -0.1) is 11.3 Å². The Morgan fingerprint density at radius 3 is 2.67 bits per heavy atom. The molecule has 1 aliphatic carbocycles. The first-order valence-corrected chi connectivity index (χ1v) is 12.0. The van der Waals surface area contributed by atoms with Crippen molar-refractivity contribution in [3.63, 3.8) is 0 Å². The highest BCUT2D eigenvalue weighted by molar-refractivity contribution is 7.07. The van der Waals surface area contributed by atoms with Gasteiger partial charge in [0, 0.05) is 10.9 Å². The molecule has 0 spiro atoms. The largest absolute Gasteiger partial charge is 0.497 e. The second-order valence-electron chi connectivity index (χ2n) is 8.06. The lowest BCUT2D eigenvalue weighted by atomic mass is 9.96. The fourth-order valence-corrected chi connectivity index (χ4v) is 5.08. The van der Waals surface area contributed by atoms with Crippen molar-refractivity contribution in [2.24, 2.45) is 10.1 Å². The van der Waals surface area contributed by atoms with Crippen LogP contribution in [-0.2, 0) is 0 Å². The number of thiazole rings is 1. The Morgan fingerprint density at radius 2 is 1.85 bits per heavy atom. The van der Waals surface area contributed by atoms with Crippen molar-refractivity contribution in [2.45, 2.75) is 38.1 Å². The smallest absolute Gasteiger partial charge is 0.231 e. The summed E-state index contributed by atoms with van der Waals surface area (Å²) in [6, 6.07) is 11.9. The Morgan fingerprint density at radius 1 is 1.00 bits per heavy atom. The van der Waals surface area contributed by atoms with Crippen LogP contribution in [0.3, 0.4) is 0 Å². The Kier molecular flexibility index (Phi) is 6.35. The highest BCUT2D eigenvalue weighted by Crippen LogP contribution is 2.34. The van der Waals surface area contributed by atoms with E-state index < -0.39 is 0 Å². The first kappa shape index (κ1) is 21.6. The average Bonchev–Trinajstić information content (AvgIpc) is 3.49. The number of rotatable bonds is 6. The molecule has 3 aromatic rings. The van der Waals surface area contributed by atoms with Gasteiger partial charge < -0.3 is 18.9 Å². The summed E-state index contributed by atoms with van der Waals surface area (Å²) in [6.07, 6.45) is 7.84. The molecule has 2 aliphatic rings. The predicted octanol–water partition coefficient (Wildman–Crippen LogP) is 5.08. The highest BCUT2D eigenvalue weighted by Gasteiger charge is 2.17. The van der Waals surface area contributed by atoms with Gasteiger partial charge in [-0.1, -0.05) is 19.3 Å². The molecule has 0 saturated heterocycles. The molecular weight excluding hydrogens is 438 g/mol. The van der Waals surface area contributed by atoms with E-state index in [9.17, 15) is 0 Å². The van der Waals surface area contributed by atoms with Crippen LogP contribution in [-0.4, -0.2) is 37.9 Å². The summed E-state index contributed by atoms with van der Waals surface area (Å²) in [5.74, 6) is 3.00. The number of hydrogen-bond donors (Lipinski definition) is 0. The molecule has 1 aliphatic heterocycles. The van der Waals surface area contributed by atoms with E-state index in [4.69, 9.17) is 29.0 Å². The third-order valence-electron chi connectivity index (χ3n) is 5.95. The summed E-state index contributed by atoms with van der Waals surface area (Å²) in [4.78, 5) is 5.96. The quantitative estimate of drug-likeness (QED) is 0.476. The van der Waals surface area contributed by atoms with E-state index in [0.717, 1.165) is 57.5 Å². The summed E-state index contributed by atoms with van der Waals surface area (Å²) >= 11 is 1.59. The average molecular weight is 466 g/mol. The van der Waals surface area contributed by atoms with Crippen molar-refractivity contribution in [3.05, 3.63) is 52.1 Å². The van der Waals surface area contributed by atoms with Crippen LogP contribution in [0.1, 0.15) is 37.7 Å². The molecule has 2 aromatic carbocycles. The second-order valence-corrected chi connectivity index (χ2v) is 8.90. The SMILES string of the molecule is COc1ccc(OC)c(-c2csc(=NC3CCCCC3)n2N=Cc2ccc3c(c2)OCO3)c1. The fourth-order valence-electron chi connectivity index (χ4n) is 4.18. The van der Waals surface area contributed by atoms with Crippen LogP contribution in [0.4, 0.5) is 0 Å². The van der Waals surface area contributed by atoms with E-state index in [-0.39, 0.29) is 6.79 Å². The fraction of sp³-hybridized carbons (Fsp3) is 0.360. The van der Waals surface area contributed by atoms with Gasteiger partial charge >= 0.3 is 0 Å². The zero-order valence-corrected chi connectivity index (χ0v) is 19.6. The van der Waals surface area contributed by atoms with Crippen molar-refractivity contribution in [3.8, 4) is 34.3 Å². The van der Waals surface area contributed by atoms with Gasteiger partial charge in [0.2, 0.25) is 11.6 Å². The van der Waals surface area contributed by atoms with E-state index in [1.54, 1.807) is 25.6 Å². The van der Waals surface area contributed by atoms with Crippen molar-refractivity contribution >= 4 is 17.6 Å². The van der Waals surface area contributed by atoms with Gasteiger partial charge in [0.15, 0.2) is 11.5 Å². The van der Waals surface area contributed by atoms with E-state index in [0.29, 0.717) is 6.04 Å². The molecule has 0 radical (unpaired) electrons. The molecule has 33 heavy (non-hydrogen) atoms. The zero-order valence-electron chi connectivity index (χ0n) is 18.8. The molecule has 1 saturated carbocycles. The van der Waals surface area contributed by atoms with E-state index >= 15 is 0 Å². The van der Waals surface area contributed by atoms with Gasteiger partial charge in [-0.05, 0) is 54.8 Å². The molecule has 0 N–H and O–H groups in total. The minimum Gasteiger partial charge on any atom is -0.497 e. The van der Waals surface area contributed by atoms with Gasteiger partial charge in [0.1, 0.15) is 11.5 Å². The third kappa shape index (κ3) is 4.61. The Hall–Kier alpha value is -3.26. The maximum Gasteiger partial charge on any atom is 0.231 e. The number of fused-ring (bicyclic) bond motifs is 1. The molecule has 172 valence electrons. The highest BCUT2D eigenvalue weighted by atomic mass is 32.1. The molecule has 2 heterocycles. The molecule has 0 bridgehead atoms. The number of aromatic nitrogens is 1. The number of methoxy groups -OCH3 is 2. The maximum atomic E-state index is 5.65. The summed E-state index contributed by atoms with van der Waals surface area (Å²) in [5.41, 5.74) is 2.73. The predicted molar refractivity (Wildman–Crippen MR) is 129 cm³/mol. The molecule has 8 heteroatoms. The number of ether oxygens (including phenoxy) is 4. The lowest BCUT2D eigenvalue weighted by molar-refractivity contribution is 0.174. The normalized spacial score (nSPS) is 16.5. The molecule has 1 aromatic heterocycles. The van der Waals surface area contributed by atoms with Gasteiger partial charge in [-0.3, -0.25) is 4.99 Å². The van der Waals surface area contributed by atoms with Crippen LogP contribution in [0.15, 0.2) is 51.9 Å². The van der Waals surface area contributed by atoms with Crippen LogP contribution in [0.5, 0.6) is 23.0 Å². The summed E-state index contributed by atoms with van der Waals surface area (Å²) < 4.78 is 24.0. The summed E-state index contributed by atoms with van der Waals surface area (Å²) in [7, 11) is 3.33. The monoisotopic (exact) mass is 465 g/mol. The molecular formula is C25H27N3O4S. The molecule has 0 amide bonds. The van der Waals surface area contributed by atoms with Gasteiger partial charge in [-0.25, -0.2) is 4.68 Å². The lowest BCUT2D eigenvalue weighted by Crippen LogP contribution is -2.19. The van der Waals surface area contributed by atoms with E-state index in [2.05, 4.69) is 5.38 Å². The molecule has 1 fully saturated rings. The zero-order chi connectivity index (χ0) is 22.6. The molecule has 5 rings (SSSR count).